The van der Waals surface area contributed by atoms with Crippen molar-refractivity contribution in [2.24, 2.45) is 0 Å². The fraction of sp³-hybridized carbons (Fsp3) is 0.429. The number of amides is 1. The highest BCUT2D eigenvalue weighted by atomic mass is 16.2. The molecule has 2 fully saturated rings. The maximum absolute atomic E-state index is 12.7. The number of benzene rings is 1. The zero-order chi connectivity index (χ0) is 19.1. The van der Waals surface area contributed by atoms with Gasteiger partial charge in [0.15, 0.2) is 5.69 Å². The zero-order valence-corrected chi connectivity index (χ0v) is 15.6. The lowest BCUT2D eigenvalue weighted by atomic mass is 9.91. The van der Waals surface area contributed by atoms with E-state index in [-0.39, 0.29) is 23.6 Å². The van der Waals surface area contributed by atoms with Crippen molar-refractivity contribution in [3.8, 4) is 0 Å². The molecule has 2 aromatic heterocycles. The van der Waals surface area contributed by atoms with Crippen molar-refractivity contribution in [3.63, 3.8) is 0 Å². The highest BCUT2D eigenvalue weighted by Crippen LogP contribution is 2.38. The summed E-state index contributed by atoms with van der Waals surface area (Å²) < 4.78 is 1.67. The van der Waals surface area contributed by atoms with E-state index in [4.69, 9.17) is 0 Å². The molecule has 2 N–H and O–H groups in total. The Hall–Kier alpha value is -2.96. The number of aromatic nitrogens is 4. The van der Waals surface area contributed by atoms with E-state index < -0.39 is 0 Å². The standard InChI is InChI=1S/C21H23N5O2/c27-19-12-11-17(13-5-6-13)25-26(19)15-9-7-14(8-10-15)22-21(28)20-16-3-1-2-4-18(16)23-24-20/h1-4,11-15H,5-10H2,(H,22,28)(H,23,24). The molecule has 2 saturated carbocycles. The summed E-state index contributed by atoms with van der Waals surface area (Å²) in [6.45, 7) is 0. The van der Waals surface area contributed by atoms with Crippen LogP contribution in [-0.4, -0.2) is 31.9 Å². The van der Waals surface area contributed by atoms with Gasteiger partial charge in [-0.25, -0.2) is 4.68 Å². The van der Waals surface area contributed by atoms with Gasteiger partial charge in [0, 0.05) is 23.4 Å². The number of nitrogens with zero attached hydrogens (tertiary/aromatic N) is 3. The summed E-state index contributed by atoms with van der Waals surface area (Å²) in [5, 5.41) is 15.6. The van der Waals surface area contributed by atoms with Gasteiger partial charge in [0.25, 0.3) is 11.5 Å². The van der Waals surface area contributed by atoms with Gasteiger partial charge in [-0.1, -0.05) is 18.2 Å². The third kappa shape index (κ3) is 3.21. The van der Waals surface area contributed by atoms with Crippen LogP contribution < -0.4 is 10.9 Å². The van der Waals surface area contributed by atoms with Gasteiger partial charge >= 0.3 is 0 Å². The smallest absolute Gasteiger partial charge is 0.272 e. The van der Waals surface area contributed by atoms with E-state index >= 15 is 0 Å². The first-order chi connectivity index (χ1) is 13.7. The number of H-pyrrole nitrogens is 1. The van der Waals surface area contributed by atoms with Gasteiger partial charge in [-0.2, -0.15) is 10.2 Å². The molecule has 0 spiro atoms. The second kappa shape index (κ2) is 6.89. The summed E-state index contributed by atoms with van der Waals surface area (Å²) >= 11 is 0. The first-order valence-corrected chi connectivity index (χ1v) is 10.0. The lowest BCUT2D eigenvalue weighted by Crippen LogP contribution is -2.39. The lowest BCUT2D eigenvalue weighted by molar-refractivity contribution is 0.0918. The maximum Gasteiger partial charge on any atom is 0.272 e. The summed E-state index contributed by atoms with van der Waals surface area (Å²) in [6.07, 6.45) is 5.69. The monoisotopic (exact) mass is 377 g/mol. The first-order valence-electron chi connectivity index (χ1n) is 10.0. The highest BCUT2D eigenvalue weighted by Gasteiger charge is 2.29. The molecular weight excluding hydrogens is 354 g/mol. The van der Waals surface area contributed by atoms with Gasteiger partial charge in [0.05, 0.1) is 17.3 Å². The van der Waals surface area contributed by atoms with Crippen molar-refractivity contribution in [1.29, 1.82) is 0 Å². The van der Waals surface area contributed by atoms with Crippen LogP contribution in [0, 0.1) is 0 Å². The second-order valence-electron chi connectivity index (χ2n) is 7.91. The number of aromatic amines is 1. The fourth-order valence-corrected chi connectivity index (χ4v) is 4.15. The number of nitrogens with one attached hydrogen (secondary N) is 2. The number of carbonyl (C=O) groups is 1. The number of para-hydroxylation sites is 1. The number of hydrogen-bond donors (Lipinski definition) is 2. The van der Waals surface area contributed by atoms with Crippen molar-refractivity contribution in [2.75, 3.05) is 0 Å². The van der Waals surface area contributed by atoms with Gasteiger partial charge < -0.3 is 5.32 Å². The molecule has 0 saturated heterocycles. The molecule has 7 heteroatoms. The summed E-state index contributed by atoms with van der Waals surface area (Å²) in [5.41, 5.74) is 2.31. The highest BCUT2D eigenvalue weighted by molar-refractivity contribution is 6.04. The number of rotatable bonds is 4. The van der Waals surface area contributed by atoms with Crippen LogP contribution in [0.5, 0.6) is 0 Å². The van der Waals surface area contributed by atoms with Crippen LogP contribution in [0.15, 0.2) is 41.2 Å². The third-order valence-corrected chi connectivity index (χ3v) is 5.90. The van der Waals surface area contributed by atoms with Crippen LogP contribution in [0.4, 0.5) is 0 Å². The van der Waals surface area contributed by atoms with Gasteiger partial charge in [-0.15, -0.1) is 0 Å². The van der Waals surface area contributed by atoms with Crippen LogP contribution in [0.2, 0.25) is 0 Å². The number of carbonyl (C=O) groups excluding carboxylic acids is 1. The van der Waals surface area contributed by atoms with E-state index in [0.717, 1.165) is 42.3 Å². The lowest BCUT2D eigenvalue weighted by Gasteiger charge is -2.29. The minimum Gasteiger partial charge on any atom is -0.348 e. The van der Waals surface area contributed by atoms with E-state index in [1.165, 1.54) is 12.8 Å². The molecule has 0 aliphatic heterocycles. The van der Waals surface area contributed by atoms with Crippen LogP contribution >= 0.6 is 0 Å². The summed E-state index contributed by atoms with van der Waals surface area (Å²) in [7, 11) is 0. The molecule has 0 atom stereocenters. The summed E-state index contributed by atoms with van der Waals surface area (Å²) in [5.74, 6) is 0.387. The van der Waals surface area contributed by atoms with Gasteiger partial charge in [0.1, 0.15) is 0 Å². The van der Waals surface area contributed by atoms with Crippen LogP contribution in [0.3, 0.4) is 0 Å². The molecule has 144 valence electrons. The Bertz CT molecular complexity index is 1070. The van der Waals surface area contributed by atoms with Crippen molar-refractivity contribution >= 4 is 16.8 Å². The Morgan fingerprint density at radius 1 is 1.04 bits per heavy atom. The van der Waals surface area contributed by atoms with Crippen molar-refractivity contribution in [1.82, 2.24) is 25.3 Å². The van der Waals surface area contributed by atoms with Gasteiger partial charge in [-0.05, 0) is 50.7 Å². The van der Waals surface area contributed by atoms with E-state index in [2.05, 4.69) is 20.6 Å². The van der Waals surface area contributed by atoms with Crippen molar-refractivity contribution in [3.05, 3.63) is 58.1 Å². The Balaban J connectivity index is 1.24. The largest absolute Gasteiger partial charge is 0.348 e. The summed E-state index contributed by atoms with van der Waals surface area (Å²) in [6, 6.07) is 11.4. The molecular formula is C21H23N5O2. The molecule has 2 heterocycles. The van der Waals surface area contributed by atoms with Crippen molar-refractivity contribution < 1.29 is 4.79 Å². The van der Waals surface area contributed by atoms with E-state index in [0.29, 0.717) is 11.6 Å². The third-order valence-electron chi connectivity index (χ3n) is 5.90. The van der Waals surface area contributed by atoms with Gasteiger partial charge in [0.2, 0.25) is 0 Å². The quantitative estimate of drug-likeness (QED) is 0.731. The Morgan fingerprint density at radius 3 is 2.61 bits per heavy atom. The first kappa shape index (κ1) is 17.2. The molecule has 7 nitrogen and oxygen atoms in total. The zero-order valence-electron chi connectivity index (χ0n) is 15.6. The molecule has 28 heavy (non-hydrogen) atoms. The normalized spacial score (nSPS) is 22.3. The van der Waals surface area contributed by atoms with Gasteiger partial charge in [-0.3, -0.25) is 14.7 Å². The molecule has 1 aromatic carbocycles. The molecule has 5 rings (SSSR count). The molecule has 0 bridgehead atoms. The number of fused-ring (bicyclic) bond motifs is 1. The average molecular weight is 377 g/mol. The van der Waals surface area contributed by atoms with E-state index in [1.807, 2.05) is 30.3 Å². The minimum absolute atomic E-state index is 0.0279. The Morgan fingerprint density at radius 2 is 1.82 bits per heavy atom. The average Bonchev–Trinajstić information content (AvgIpc) is 3.47. The van der Waals surface area contributed by atoms with Crippen molar-refractivity contribution in [2.45, 2.75) is 56.5 Å². The fourth-order valence-electron chi connectivity index (χ4n) is 4.15. The SMILES string of the molecule is O=C(NC1CCC(n2nc(C3CC3)ccc2=O)CC1)c1n[nH]c2ccccc12. The van der Waals surface area contributed by atoms with Crippen LogP contribution in [0.1, 0.15) is 66.7 Å². The molecule has 3 aromatic rings. The molecule has 1 amide bonds. The predicted octanol–water partition coefficient (Wildman–Crippen LogP) is 2.91. The topological polar surface area (TPSA) is 92.7 Å². The van der Waals surface area contributed by atoms with E-state index in [1.54, 1.807) is 10.7 Å². The Kier molecular flexibility index (Phi) is 4.22. The second-order valence-corrected chi connectivity index (χ2v) is 7.91. The maximum atomic E-state index is 12.7. The molecule has 2 aliphatic carbocycles. The predicted molar refractivity (Wildman–Crippen MR) is 105 cm³/mol. The van der Waals surface area contributed by atoms with Crippen LogP contribution in [0.25, 0.3) is 10.9 Å². The van der Waals surface area contributed by atoms with E-state index in [9.17, 15) is 9.59 Å². The Labute approximate surface area is 162 Å². The molecule has 0 unspecified atom stereocenters. The minimum atomic E-state index is -0.146. The number of hydrogen-bond acceptors (Lipinski definition) is 4. The summed E-state index contributed by atoms with van der Waals surface area (Å²) in [4.78, 5) is 24.9. The van der Waals surface area contributed by atoms with Crippen LogP contribution in [-0.2, 0) is 0 Å². The molecule has 2 aliphatic rings. The molecule has 0 radical (unpaired) electrons.